The van der Waals surface area contributed by atoms with E-state index < -0.39 is 0 Å². The molecule has 2 rings (SSSR count). The van der Waals surface area contributed by atoms with Crippen molar-refractivity contribution in [3.8, 4) is 5.75 Å². The molecule has 0 bridgehead atoms. The van der Waals surface area contributed by atoms with Gasteiger partial charge in [0.1, 0.15) is 5.75 Å². The van der Waals surface area contributed by atoms with Crippen LogP contribution in [0.25, 0.3) is 0 Å². The molecule has 2 aromatic rings. The van der Waals surface area contributed by atoms with Crippen molar-refractivity contribution in [3.63, 3.8) is 0 Å². The van der Waals surface area contributed by atoms with Crippen LogP contribution in [0.5, 0.6) is 5.75 Å². The Hall–Kier alpha value is -1.32. The van der Waals surface area contributed by atoms with Gasteiger partial charge in [-0.25, -0.2) is 0 Å². The molecule has 0 fully saturated rings. The average Bonchev–Trinajstić information content (AvgIpc) is 2.47. The molecule has 0 aromatic heterocycles. The van der Waals surface area contributed by atoms with Crippen LogP contribution in [0.4, 0.5) is 0 Å². The van der Waals surface area contributed by atoms with Crippen molar-refractivity contribution in [2.45, 2.75) is 19.8 Å². The van der Waals surface area contributed by atoms with Crippen molar-refractivity contribution in [1.82, 2.24) is 5.32 Å². The van der Waals surface area contributed by atoms with Crippen molar-refractivity contribution < 1.29 is 5.11 Å². The van der Waals surface area contributed by atoms with Gasteiger partial charge in [0.15, 0.2) is 0 Å². The number of nitrogens with one attached hydrogen (secondary N) is 1. The average molecular weight is 348 g/mol. The molecule has 0 saturated heterocycles. The first kappa shape index (κ1) is 16.1. The normalized spacial score (nSPS) is 12.3. The van der Waals surface area contributed by atoms with Crippen LogP contribution in [-0.2, 0) is 12.8 Å². The molecule has 112 valence electrons. The fourth-order valence-electron chi connectivity index (χ4n) is 2.56. The molecular formula is C18H22BrNO. The fourth-order valence-corrected chi connectivity index (χ4v) is 3.00. The predicted molar refractivity (Wildman–Crippen MR) is 91.7 cm³/mol. The van der Waals surface area contributed by atoms with E-state index in [0.717, 1.165) is 25.9 Å². The van der Waals surface area contributed by atoms with Gasteiger partial charge in [-0.1, -0.05) is 53.2 Å². The zero-order chi connectivity index (χ0) is 15.1. The molecule has 0 aliphatic heterocycles. The molecule has 0 radical (unpaired) electrons. The molecule has 0 spiro atoms. The lowest BCUT2D eigenvalue weighted by atomic mass is 9.92. The Balaban J connectivity index is 2.09. The van der Waals surface area contributed by atoms with E-state index in [1.54, 1.807) is 6.07 Å². The molecule has 1 unspecified atom stereocenters. The van der Waals surface area contributed by atoms with Crippen LogP contribution in [0.1, 0.15) is 18.1 Å². The van der Waals surface area contributed by atoms with E-state index in [9.17, 15) is 5.11 Å². The standard InChI is InChI=1S/C18H22BrNO/c1-2-20-13-15(10-14-6-5-8-17(21)12-14)11-16-7-3-4-9-18(16)19/h3-9,12,15,20-21H,2,10-11,13H2,1H3. The molecule has 2 N–H and O–H groups in total. The molecule has 2 aromatic carbocycles. The van der Waals surface area contributed by atoms with Crippen molar-refractivity contribution in [2.24, 2.45) is 5.92 Å². The van der Waals surface area contributed by atoms with Gasteiger partial charge < -0.3 is 10.4 Å². The molecule has 0 heterocycles. The smallest absolute Gasteiger partial charge is 0.115 e. The van der Waals surface area contributed by atoms with Gasteiger partial charge in [-0.3, -0.25) is 0 Å². The molecular weight excluding hydrogens is 326 g/mol. The van der Waals surface area contributed by atoms with Gasteiger partial charge >= 0.3 is 0 Å². The van der Waals surface area contributed by atoms with Crippen molar-refractivity contribution >= 4 is 15.9 Å². The Bertz CT molecular complexity index is 571. The molecule has 0 amide bonds. The first-order valence-corrected chi connectivity index (χ1v) is 8.20. The van der Waals surface area contributed by atoms with Crippen LogP contribution in [0.3, 0.4) is 0 Å². The molecule has 1 atom stereocenters. The van der Waals surface area contributed by atoms with E-state index in [1.807, 2.05) is 18.2 Å². The lowest BCUT2D eigenvalue weighted by Gasteiger charge is -2.18. The van der Waals surface area contributed by atoms with Crippen LogP contribution in [-0.4, -0.2) is 18.2 Å². The van der Waals surface area contributed by atoms with E-state index in [0.29, 0.717) is 11.7 Å². The summed E-state index contributed by atoms with van der Waals surface area (Å²) in [4.78, 5) is 0. The third kappa shape index (κ3) is 5.18. The largest absolute Gasteiger partial charge is 0.508 e. The second-order valence-corrected chi connectivity index (χ2v) is 6.20. The first-order valence-electron chi connectivity index (χ1n) is 7.41. The predicted octanol–water partition coefficient (Wildman–Crippen LogP) is 4.17. The monoisotopic (exact) mass is 347 g/mol. The molecule has 21 heavy (non-hydrogen) atoms. The number of aromatic hydroxyl groups is 1. The quantitative estimate of drug-likeness (QED) is 0.787. The van der Waals surface area contributed by atoms with Crippen LogP contribution < -0.4 is 5.32 Å². The van der Waals surface area contributed by atoms with Gasteiger partial charge in [-0.2, -0.15) is 0 Å². The number of phenolic OH excluding ortho intramolecular Hbond substituents is 1. The summed E-state index contributed by atoms with van der Waals surface area (Å²) < 4.78 is 1.17. The third-order valence-corrected chi connectivity index (χ3v) is 4.36. The highest BCUT2D eigenvalue weighted by Crippen LogP contribution is 2.22. The van der Waals surface area contributed by atoms with Gasteiger partial charge in [0, 0.05) is 4.47 Å². The fraction of sp³-hybridized carbons (Fsp3) is 0.333. The van der Waals surface area contributed by atoms with Crippen LogP contribution in [0, 0.1) is 5.92 Å². The highest BCUT2D eigenvalue weighted by Gasteiger charge is 2.12. The number of benzene rings is 2. The molecule has 0 saturated carbocycles. The minimum Gasteiger partial charge on any atom is -0.508 e. The highest BCUT2D eigenvalue weighted by atomic mass is 79.9. The molecule has 0 aliphatic carbocycles. The van der Waals surface area contributed by atoms with Crippen LogP contribution in [0.15, 0.2) is 53.0 Å². The lowest BCUT2D eigenvalue weighted by Crippen LogP contribution is -2.25. The van der Waals surface area contributed by atoms with E-state index in [2.05, 4.69) is 52.4 Å². The summed E-state index contributed by atoms with van der Waals surface area (Å²) in [6.07, 6.45) is 1.98. The van der Waals surface area contributed by atoms with Crippen molar-refractivity contribution in [3.05, 3.63) is 64.1 Å². The Morgan fingerprint density at radius 3 is 2.62 bits per heavy atom. The zero-order valence-corrected chi connectivity index (χ0v) is 13.9. The van der Waals surface area contributed by atoms with E-state index >= 15 is 0 Å². The molecule has 3 heteroatoms. The maximum absolute atomic E-state index is 9.61. The van der Waals surface area contributed by atoms with E-state index in [-0.39, 0.29) is 0 Å². The van der Waals surface area contributed by atoms with Crippen LogP contribution >= 0.6 is 15.9 Å². The summed E-state index contributed by atoms with van der Waals surface area (Å²) in [6, 6.07) is 16.0. The maximum atomic E-state index is 9.61. The number of rotatable bonds is 7. The van der Waals surface area contributed by atoms with Gasteiger partial charge in [-0.15, -0.1) is 0 Å². The van der Waals surface area contributed by atoms with Crippen molar-refractivity contribution in [1.29, 1.82) is 0 Å². The summed E-state index contributed by atoms with van der Waals surface area (Å²) in [7, 11) is 0. The van der Waals surface area contributed by atoms with E-state index in [4.69, 9.17) is 0 Å². The highest BCUT2D eigenvalue weighted by molar-refractivity contribution is 9.10. The second kappa shape index (κ2) is 8.20. The topological polar surface area (TPSA) is 32.3 Å². The minimum absolute atomic E-state index is 0.343. The third-order valence-electron chi connectivity index (χ3n) is 3.58. The summed E-state index contributed by atoms with van der Waals surface area (Å²) in [5.41, 5.74) is 2.52. The molecule has 2 nitrogen and oxygen atoms in total. The van der Waals surface area contributed by atoms with Gasteiger partial charge in [0.25, 0.3) is 0 Å². The van der Waals surface area contributed by atoms with E-state index in [1.165, 1.54) is 15.6 Å². The molecule has 0 aliphatic rings. The minimum atomic E-state index is 0.343. The van der Waals surface area contributed by atoms with Crippen LogP contribution in [0.2, 0.25) is 0 Å². The van der Waals surface area contributed by atoms with Gasteiger partial charge in [0.2, 0.25) is 0 Å². The maximum Gasteiger partial charge on any atom is 0.115 e. The summed E-state index contributed by atoms with van der Waals surface area (Å²) in [5.74, 6) is 0.848. The lowest BCUT2D eigenvalue weighted by molar-refractivity contribution is 0.465. The first-order chi connectivity index (χ1) is 10.2. The number of hydrogen-bond donors (Lipinski definition) is 2. The number of hydrogen-bond acceptors (Lipinski definition) is 2. The summed E-state index contributed by atoms with van der Waals surface area (Å²) in [6.45, 7) is 4.09. The Kier molecular flexibility index (Phi) is 6.27. The van der Waals surface area contributed by atoms with Crippen molar-refractivity contribution in [2.75, 3.05) is 13.1 Å². The van der Waals surface area contributed by atoms with Gasteiger partial charge in [-0.05, 0) is 61.2 Å². The number of halogens is 1. The Morgan fingerprint density at radius 1 is 1.10 bits per heavy atom. The second-order valence-electron chi connectivity index (χ2n) is 5.34. The van der Waals surface area contributed by atoms with Gasteiger partial charge in [0.05, 0.1) is 0 Å². The number of phenols is 1. The summed E-state index contributed by atoms with van der Waals surface area (Å²) in [5, 5.41) is 13.1. The zero-order valence-electron chi connectivity index (χ0n) is 12.3. The Morgan fingerprint density at radius 2 is 1.90 bits per heavy atom. The summed E-state index contributed by atoms with van der Waals surface area (Å²) >= 11 is 3.63. The SMILES string of the molecule is CCNCC(Cc1cccc(O)c1)Cc1ccccc1Br. The Labute approximate surface area is 135 Å².